The number of ether oxygens (including phenoxy) is 14. The first-order valence-electron chi connectivity index (χ1n) is 28.2. The van der Waals surface area contributed by atoms with Gasteiger partial charge in [0.2, 0.25) is 5.79 Å². The van der Waals surface area contributed by atoms with Crippen LogP contribution in [0.25, 0.3) is 12.2 Å². The number of aliphatic hydroxyl groups excluding tert-OH is 13. The Morgan fingerprint density at radius 1 is 0.516 bits per heavy atom. The van der Waals surface area contributed by atoms with Crippen LogP contribution in [0.3, 0.4) is 0 Å². The molecule has 0 saturated carbocycles. The third-order valence-electron chi connectivity index (χ3n) is 15.2. The molecule has 5 saturated heterocycles. The van der Waals surface area contributed by atoms with Crippen LogP contribution in [0.1, 0.15) is 28.4 Å². The topological polar surface area (TPSA) is 501 Å². The van der Waals surface area contributed by atoms with Crippen molar-refractivity contribution in [3.05, 3.63) is 102 Å². The molecule has 91 heavy (non-hydrogen) atoms. The first kappa shape index (κ1) is 70.4. The minimum absolute atomic E-state index is 0.0316. The van der Waals surface area contributed by atoms with Crippen LogP contribution in [0.15, 0.2) is 84.9 Å². The van der Waals surface area contributed by atoms with E-state index in [0.29, 0.717) is 5.56 Å². The van der Waals surface area contributed by atoms with E-state index in [9.17, 15) is 95.8 Å². The lowest BCUT2D eigenvalue weighted by Crippen LogP contribution is -2.69. The van der Waals surface area contributed by atoms with Gasteiger partial charge in [0, 0.05) is 19.1 Å². The molecule has 0 bridgehead atoms. The molecule has 502 valence electrons. The van der Waals surface area contributed by atoms with Crippen molar-refractivity contribution in [1.82, 2.24) is 0 Å². The third-order valence-corrected chi connectivity index (χ3v) is 15.2. The van der Waals surface area contributed by atoms with E-state index in [1.165, 1.54) is 86.0 Å². The van der Waals surface area contributed by atoms with E-state index < -0.39 is 210 Å². The molecule has 0 radical (unpaired) electrons. The maximum atomic E-state index is 14.3. The zero-order valence-electron chi connectivity index (χ0n) is 48.3. The second-order valence-electron chi connectivity index (χ2n) is 21.4. The van der Waals surface area contributed by atoms with Crippen LogP contribution < -0.4 is 4.74 Å². The van der Waals surface area contributed by atoms with E-state index in [0.717, 1.165) is 19.1 Å². The maximum absolute atomic E-state index is 14.3. The molecule has 0 aromatic heterocycles. The van der Waals surface area contributed by atoms with Crippen molar-refractivity contribution in [2.24, 2.45) is 0 Å². The van der Waals surface area contributed by atoms with Gasteiger partial charge in [-0.25, -0.2) is 14.4 Å². The molecule has 15 N–H and O–H groups in total. The second-order valence-corrected chi connectivity index (χ2v) is 21.4. The highest BCUT2D eigenvalue weighted by Gasteiger charge is 2.65. The van der Waals surface area contributed by atoms with Gasteiger partial charge in [-0.05, 0) is 59.7 Å². The molecule has 0 spiro atoms. The third kappa shape index (κ3) is 16.5. The summed E-state index contributed by atoms with van der Waals surface area (Å²) in [5.74, 6) is -8.22. The van der Waals surface area contributed by atoms with Gasteiger partial charge < -0.3 is 143 Å². The van der Waals surface area contributed by atoms with Crippen molar-refractivity contribution >= 4 is 36.0 Å². The second kappa shape index (κ2) is 31.4. The predicted octanol–water partition coefficient (Wildman–Crippen LogP) is -5.54. The fourth-order valence-electron chi connectivity index (χ4n) is 10.4. The van der Waals surface area contributed by atoms with Crippen LogP contribution in [0.2, 0.25) is 0 Å². The van der Waals surface area contributed by atoms with Crippen molar-refractivity contribution in [2.75, 3.05) is 46.8 Å². The highest BCUT2D eigenvalue weighted by atomic mass is 16.8. The number of aliphatic hydroxyl groups is 13. The highest BCUT2D eigenvalue weighted by Crippen LogP contribution is 2.43. The molecule has 5 aliphatic heterocycles. The van der Waals surface area contributed by atoms with Gasteiger partial charge in [-0.2, -0.15) is 0 Å². The molecule has 33 nitrogen and oxygen atoms in total. The number of carbonyl (C=O) groups excluding carboxylic acids is 4. The Morgan fingerprint density at radius 2 is 1.07 bits per heavy atom. The monoisotopic (exact) mass is 1300 g/mol. The van der Waals surface area contributed by atoms with Gasteiger partial charge in [0.1, 0.15) is 123 Å². The standard InChI is InChI=1S/C58H72O33/c1-25(63)79-23-36-41(70)49(86-54-45(74)43(72)39(68)32(19-59)81-54)47(76)56(84-36)87-50-48(85-38(67)17-12-27-10-15-30(65)31(18-27)78-2)35(22-62)83-57(89-55-46(75)44(73)40(69)33(20-60)82-55)51(50)91-58(24-80-37(66)16-11-26-8-13-29(64)14-9-26)52(42(71)34(21-61)90-58)88-53(77)28-6-4-3-5-7-28/h3-18,32-36,39-52,54-57,59-62,64-65,68-76H,19-24H2,1-2H3/b16-11+,17-12+/t32-,33-,34-,35-,36-,39-,40-,41-,42-,43+,44+,45-,46-,47-,48+,49+,50-,51+,52+,54-,55+,56+,57-,58+/m1/s1. The van der Waals surface area contributed by atoms with Crippen LogP contribution in [-0.4, -0.2) is 294 Å². The Bertz CT molecular complexity index is 2930. The number of esters is 4. The van der Waals surface area contributed by atoms with Crippen molar-refractivity contribution in [2.45, 2.75) is 154 Å². The van der Waals surface area contributed by atoms with Crippen LogP contribution in [0.5, 0.6) is 17.2 Å². The molecule has 5 fully saturated rings. The van der Waals surface area contributed by atoms with Crippen LogP contribution in [0.4, 0.5) is 0 Å². The summed E-state index contributed by atoms with van der Waals surface area (Å²) in [5.41, 5.74) is 0.402. The van der Waals surface area contributed by atoms with Gasteiger partial charge in [0.05, 0.1) is 39.1 Å². The van der Waals surface area contributed by atoms with Crippen LogP contribution in [-0.2, 0) is 76.0 Å². The summed E-state index contributed by atoms with van der Waals surface area (Å²) >= 11 is 0. The smallest absolute Gasteiger partial charge is 0.338 e. The van der Waals surface area contributed by atoms with Crippen molar-refractivity contribution < 1.29 is 162 Å². The summed E-state index contributed by atoms with van der Waals surface area (Å²) in [4.78, 5) is 54.6. The summed E-state index contributed by atoms with van der Waals surface area (Å²) in [6.07, 6.45) is -45.4. The average Bonchev–Trinajstić information content (AvgIpc) is 1.72. The lowest BCUT2D eigenvalue weighted by atomic mass is 9.95. The summed E-state index contributed by atoms with van der Waals surface area (Å²) in [7, 11) is 1.25. The van der Waals surface area contributed by atoms with Crippen molar-refractivity contribution in [3.8, 4) is 17.2 Å². The number of aromatic hydroxyl groups is 2. The lowest BCUT2D eigenvalue weighted by Gasteiger charge is -2.51. The molecular weight excluding hydrogens is 1220 g/mol. The summed E-state index contributed by atoms with van der Waals surface area (Å²) < 4.78 is 83.0. The van der Waals surface area contributed by atoms with E-state index in [4.69, 9.17) is 66.3 Å². The number of phenols is 2. The molecular formula is C58H72O33. The van der Waals surface area contributed by atoms with E-state index in [-0.39, 0.29) is 28.4 Å². The molecule has 0 unspecified atom stereocenters. The first-order chi connectivity index (χ1) is 43.4. The van der Waals surface area contributed by atoms with Gasteiger partial charge in [0.15, 0.2) is 48.9 Å². The Balaban J connectivity index is 1.30. The molecule has 5 aliphatic rings. The van der Waals surface area contributed by atoms with Gasteiger partial charge in [-0.3, -0.25) is 4.79 Å². The zero-order chi connectivity index (χ0) is 66.0. The number of hydrogen-bond acceptors (Lipinski definition) is 33. The molecule has 0 amide bonds. The minimum Gasteiger partial charge on any atom is -0.508 e. The summed E-state index contributed by atoms with van der Waals surface area (Å²) in [6.45, 7) is -5.63. The Hall–Kier alpha value is -6.46. The van der Waals surface area contributed by atoms with Gasteiger partial charge >= 0.3 is 23.9 Å². The van der Waals surface area contributed by atoms with E-state index in [1.807, 2.05) is 0 Å². The van der Waals surface area contributed by atoms with Gasteiger partial charge in [0.25, 0.3) is 0 Å². The SMILES string of the molecule is COc1cc(/C=C/C(=O)O[C@@H]2[C@@H](O[C@@H]3O[C@H](COC(C)=O)[C@@H](O)[C@H](O[C@H]4O[C@H](CO)[C@@H](O)[C@H](O)[C@H]4O)[C@H]3O)[C@H](O[C@]3(COC(=O)/C=C/c4ccc(O)cc4)O[C@H](CO)[C@@H](O)[C@@H]3OC(=O)c3ccccc3)[C@@H](O[C@@H]3O[C@H](CO)[C@@H](O)[C@H](O)[C@H]3O)O[C@@H]2CO)ccc1O. The van der Waals surface area contributed by atoms with Crippen LogP contribution >= 0.6 is 0 Å². The molecule has 0 aliphatic carbocycles. The molecule has 33 heteroatoms. The van der Waals surface area contributed by atoms with Crippen molar-refractivity contribution in [1.29, 1.82) is 0 Å². The number of rotatable bonds is 24. The fraction of sp³-hybridized carbons (Fsp3) is 0.552. The van der Waals surface area contributed by atoms with E-state index >= 15 is 0 Å². The lowest BCUT2D eigenvalue weighted by molar-refractivity contribution is -0.422. The summed E-state index contributed by atoms with van der Waals surface area (Å²) in [6, 6.07) is 16.4. The van der Waals surface area contributed by atoms with Crippen LogP contribution in [0, 0.1) is 0 Å². The molecule has 3 aromatic rings. The number of carbonyl (C=O) groups is 4. The molecule has 24 atom stereocenters. The van der Waals surface area contributed by atoms with E-state index in [1.54, 1.807) is 6.07 Å². The average molecular weight is 1300 g/mol. The Kier molecular flexibility index (Phi) is 24.3. The first-order valence-corrected chi connectivity index (χ1v) is 28.2. The quantitative estimate of drug-likeness (QED) is 0.0226. The zero-order valence-corrected chi connectivity index (χ0v) is 48.3. The molecule has 8 rings (SSSR count). The van der Waals surface area contributed by atoms with Crippen molar-refractivity contribution in [3.63, 3.8) is 0 Å². The minimum atomic E-state index is -3.06. The molecule has 5 heterocycles. The Morgan fingerprint density at radius 3 is 1.67 bits per heavy atom. The summed E-state index contributed by atoms with van der Waals surface area (Å²) in [5, 5.41) is 164. The highest BCUT2D eigenvalue weighted by molar-refractivity contribution is 5.90. The van der Waals surface area contributed by atoms with Gasteiger partial charge in [-0.1, -0.05) is 36.4 Å². The number of methoxy groups -OCH3 is 1. The largest absolute Gasteiger partial charge is 0.508 e. The fourth-order valence-corrected chi connectivity index (χ4v) is 10.4. The number of benzene rings is 3. The molecule has 3 aromatic carbocycles. The Labute approximate surface area is 516 Å². The van der Waals surface area contributed by atoms with E-state index in [2.05, 4.69) is 0 Å². The number of hydrogen-bond donors (Lipinski definition) is 15. The maximum Gasteiger partial charge on any atom is 0.338 e. The number of phenolic OH excluding ortho intramolecular Hbond substituents is 2. The van der Waals surface area contributed by atoms with Gasteiger partial charge in [-0.15, -0.1) is 0 Å². The normalized spacial score (nSPS) is 36.8. The predicted molar refractivity (Wildman–Crippen MR) is 294 cm³/mol.